The lowest BCUT2D eigenvalue weighted by Gasteiger charge is -2.28. The van der Waals surface area contributed by atoms with Crippen molar-refractivity contribution in [2.45, 2.75) is 38.3 Å². The van der Waals surface area contributed by atoms with Gasteiger partial charge in [0.1, 0.15) is 11.5 Å². The molecule has 0 aromatic heterocycles. The van der Waals surface area contributed by atoms with Crippen molar-refractivity contribution >= 4 is 11.8 Å². The van der Waals surface area contributed by atoms with Gasteiger partial charge in [0.2, 0.25) is 11.8 Å². The second-order valence-electron chi connectivity index (χ2n) is 7.25. The van der Waals surface area contributed by atoms with Gasteiger partial charge in [-0.2, -0.15) is 0 Å². The Kier molecular flexibility index (Phi) is 6.75. The Hall–Kier alpha value is -3.02. The van der Waals surface area contributed by atoms with Gasteiger partial charge in [0.15, 0.2) is 0 Å². The second-order valence-corrected chi connectivity index (χ2v) is 7.25. The van der Waals surface area contributed by atoms with E-state index in [-0.39, 0.29) is 30.3 Å². The maximum absolute atomic E-state index is 13.2. The molecule has 0 saturated carbocycles. The Morgan fingerprint density at radius 2 is 1.83 bits per heavy atom. The van der Waals surface area contributed by atoms with Gasteiger partial charge in [-0.1, -0.05) is 24.3 Å². The number of amides is 2. The lowest BCUT2D eigenvalue weighted by Crippen LogP contribution is -2.35. The number of methoxy groups -OCH3 is 2. The summed E-state index contributed by atoms with van der Waals surface area (Å²) >= 11 is 0. The molecule has 0 aliphatic carbocycles. The Bertz CT molecular complexity index is 850. The van der Waals surface area contributed by atoms with Crippen LogP contribution in [0.15, 0.2) is 48.5 Å². The number of rotatable bonds is 7. The first-order valence-corrected chi connectivity index (χ1v) is 9.86. The summed E-state index contributed by atoms with van der Waals surface area (Å²) < 4.78 is 10.5. The molecule has 0 bridgehead atoms. The standard InChI is InChI=1S/C23H28N2O4/c1-16(26)24-21(17-9-11-19(28-2)12-10-17)15-23(27)25-13-5-8-22(25)18-6-4-7-20(14-18)29-3/h4,6-7,9-12,14,21-22H,5,8,13,15H2,1-3H3,(H,24,26). The average molecular weight is 396 g/mol. The van der Waals surface area contributed by atoms with Gasteiger partial charge in [0, 0.05) is 13.5 Å². The molecule has 2 atom stereocenters. The summed E-state index contributed by atoms with van der Waals surface area (Å²) in [7, 11) is 3.25. The maximum atomic E-state index is 13.2. The molecular formula is C23H28N2O4. The van der Waals surface area contributed by atoms with E-state index in [1.165, 1.54) is 6.92 Å². The third-order valence-electron chi connectivity index (χ3n) is 5.33. The molecule has 1 heterocycles. The molecular weight excluding hydrogens is 368 g/mol. The van der Waals surface area contributed by atoms with Crippen molar-refractivity contribution in [3.8, 4) is 11.5 Å². The first-order valence-electron chi connectivity index (χ1n) is 9.86. The molecule has 2 aromatic carbocycles. The van der Waals surface area contributed by atoms with Crippen molar-refractivity contribution in [3.05, 3.63) is 59.7 Å². The molecule has 1 saturated heterocycles. The minimum atomic E-state index is -0.377. The van der Waals surface area contributed by atoms with Crippen LogP contribution in [-0.4, -0.2) is 37.5 Å². The van der Waals surface area contributed by atoms with Crippen molar-refractivity contribution in [3.63, 3.8) is 0 Å². The van der Waals surface area contributed by atoms with Crippen molar-refractivity contribution in [1.29, 1.82) is 0 Å². The highest BCUT2D eigenvalue weighted by molar-refractivity contribution is 5.80. The van der Waals surface area contributed by atoms with E-state index in [2.05, 4.69) is 5.32 Å². The molecule has 29 heavy (non-hydrogen) atoms. The maximum Gasteiger partial charge on any atom is 0.225 e. The van der Waals surface area contributed by atoms with E-state index in [1.807, 2.05) is 53.4 Å². The van der Waals surface area contributed by atoms with E-state index in [0.717, 1.165) is 42.0 Å². The fraction of sp³-hybridized carbons (Fsp3) is 0.391. The number of carbonyl (C=O) groups is 2. The zero-order valence-corrected chi connectivity index (χ0v) is 17.2. The molecule has 0 spiro atoms. The zero-order valence-electron chi connectivity index (χ0n) is 17.2. The monoisotopic (exact) mass is 396 g/mol. The predicted molar refractivity (Wildman–Crippen MR) is 111 cm³/mol. The fourth-order valence-corrected chi connectivity index (χ4v) is 3.89. The van der Waals surface area contributed by atoms with E-state index in [4.69, 9.17) is 9.47 Å². The molecule has 154 valence electrons. The van der Waals surface area contributed by atoms with Gasteiger partial charge in [-0.05, 0) is 48.2 Å². The summed E-state index contributed by atoms with van der Waals surface area (Å²) in [6.07, 6.45) is 2.10. The topological polar surface area (TPSA) is 67.9 Å². The second kappa shape index (κ2) is 9.45. The number of nitrogens with one attached hydrogen (secondary N) is 1. The first-order chi connectivity index (χ1) is 14.0. The predicted octanol–water partition coefficient (Wildman–Crippen LogP) is 3.63. The SMILES string of the molecule is COc1ccc(C(CC(=O)N2CCCC2c2cccc(OC)c2)NC(C)=O)cc1. The van der Waals surface area contributed by atoms with Crippen LogP contribution in [0.3, 0.4) is 0 Å². The van der Waals surface area contributed by atoms with Crippen LogP contribution in [0, 0.1) is 0 Å². The van der Waals surface area contributed by atoms with Crippen LogP contribution in [0.4, 0.5) is 0 Å². The number of likely N-dealkylation sites (tertiary alicyclic amines) is 1. The van der Waals surface area contributed by atoms with Gasteiger partial charge in [-0.15, -0.1) is 0 Å². The quantitative estimate of drug-likeness (QED) is 0.776. The highest BCUT2D eigenvalue weighted by atomic mass is 16.5. The number of hydrogen-bond donors (Lipinski definition) is 1. The highest BCUT2D eigenvalue weighted by Gasteiger charge is 2.31. The van der Waals surface area contributed by atoms with Crippen molar-refractivity contribution < 1.29 is 19.1 Å². The van der Waals surface area contributed by atoms with Gasteiger partial charge >= 0.3 is 0 Å². The molecule has 1 fully saturated rings. The van der Waals surface area contributed by atoms with Gasteiger partial charge in [0.05, 0.1) is 32.7 Å². The Labute approximate surface area is 171 Å². The molecule has 6 heteroatoms. The average Bonchev–Trinajstić information content (AvgIpc) is 3.23. The van der Waals surface area contributed by atoms with Crippen LogP contribution in [0.2, 0.25) is 0 Å². The zero-order chi connectivity index (χ0) is 20.8. The lowest BCUT2D eigenvalue weighted by atomic mass is 10.0. The van der Waals surface area contributed by atoms with Crippen LogP contribution < -0.4 is 14.8 Å². The van der Waals surface area contributed by atoms with Crippen molar-refractivity contribution in [1.82, 2.24) is 10.2 Å². The Morgan fingerprint density at radius 1 is 1.10 bits per heavy atom. The summed E-state index contributed by atoms with van der Waals surface area (Å²) in [4.78, 5) is 26.8. The number of nitrogens with zero attached hydrogens (tertiary/aromatic N) is 1. The largest absolute Gasteiger partial charge is 0.497 e. The molecule has 2 aromatic rings. The van der Waals surface area contributed by atoms with Crippen molar-refractivity contribution in [2.24, 2.45) is 0 Å². The van der Waals surface area contributed by atoms with Gasteiger partial charge in [-0.3, -0.25) is 9.59 Å². The first kappa shape index (κ1) is 20.7. The smallest absolute Gasteiger partial charge is 0.225 e. The molecule has 6 nitrogen and oxygen atoms in total. The minimum absolute atomic E-state index is 0.0323. The number of hydrogen-bond acceptors (Lipinski definition) is 4. The van der Waals surface area contributed by atoms with E-state index in [9.17, 15) is 9.59 Å². The molecule has 1 aliphatic heterocycles. The minimum Gasteiger partial charge on any atom is -0.497 e. The van der Waals surface area contributed by atoms with Crippen LogP contribution in [0.1, 0.15) is 49.4 Å². The van der Waals surface area contributed by atoms with E-state index < -0.39 is 0 Å². The molecule has 2 amide bonds. The van der Waals surface area contributed by atoms with Crippen molar-refractivity contribution in [2.75, 3.05) is 20.8 Å². The third-order valence-corrected chi connectivity index (χ3v) is 5.33. The number of benzene rings is 2. The summed E-state index contributed by atoms with van der Waals surface area (Å²) in [5.41, 5.74) is 1.96. The van der Waals surface area contributed by atoms with E-state index in [0.29, 0.717) is 0 Å². The third kappa shape index (κ3) is 5.08. The van der Waals surface area contributed by atoms with Crippen LogP contribution >= 0.6 is 0 Å². The lowest BCUT2D eigenvalue weighted by molar-refractivity contribution is -0.133. The fourth-order valence-electron chi connectivity index (χ4n) is 3.89. The summed E-state index contributed by atoms with van der Waals surface area (Å²) in [6, 6.07) is 15.0. The molecule has 1 aliphatic rings. The van der Waals surface area contributed by atoms with Gasteiger partial charge < -0.3 is 19.7 Å². The van der Waals surface area contributed by atoms with E-state index in [1.54, 1.807) is 14.2 Å². The number of carbonyl (C=O) groups excluding carboxylic acids is 2. The molecule has 0 radical (unpaired) electrons. The Morgan fingerprint density at radius 3 is 2.48 bits per heavy atom. The van der Waals surface area contributed by atoms with Gasteiger partial charge in [0.25, 0.3) is 0 Å². The number of ether oxygens (including phenoxy) is 2. The Balaban J connectivity index is 1.77. The summed E-state index contributed by atoms with van der Waals surface area (Å²) in [5, 5.41) is 2.91. The van der Waals surface area contributed by atoms with Crippen LogP contribution in [0.5, 0.6) is 11.5 Å². The highest BCUT2D eigenvalue weighted by Crippen LogP contribution is 2.35. The van der Waals surface area contributed by atoms with Crippen LogP contribution in [0.25, 0.3) is 0 Å². The van der Waals surface area contributed by atoms with E-state index >= 15 is 0 Å². The molecule has 2 unspecified atom stereocenters. The van der Waals surface area contributed by atoms with Gasteiger partial charge in [-0.25, -0.2) is 0 Å². The summed E-state index contributed by atoms with van der Waals surface area (Å²) in [5.74, 6) is 1.39. The van der Waals surface area contributed by atoms with Crippen LogP contribution in [-0.2, 0) is 9.59 Å². The molecule has 3 rings (SSSR count). The summed E-state index contributed by atoms with van der Waals surface area (Å²) in [6.45, 7) is 2.19. The normalized spacial score (nSPS) is 16.9. The molecule has 1 N–H and O–H groups in total.